The van der Waals surface area contributed by atoms with E-state index >= 15 is 0 Å². The van der Waals surface area contributed by atoms with E-state index in [-0.39, 0.29) is 25.2 Å². The highest BCUT2D eigenvalue weighted by Gasteiger charge is 2.16. The third kappa shape index (κ3) is 9.31. The van der Waals surface area contributed by atoms with Crippen LogP contribution in [0.25, 0.3) is 6.08 Å². The van der Waals surface area contributed by atoms with Gasteiger partial charge in [0.1, 0.15) is 5.75 Å². The lowest BCUT2D eigenvalue weighted by molar-refractivity contribution is -0.136. The van der Waals surface area contributed by atoms with Gasteiger partial charge in [-0.25, -0.2) is 4.79 Å². The molecule has 0 radical (unpaired) electrons. The fraction of sp³-hybridized carbons (Fsp3) is 0.281. The highest BCUT2D eigenvalue weighted by atomic mass is 32.2. The maximum Gasteiger partial charge on any atom is 0.338 e. The lowest BCUT2D eigenvalue weighted by atomic mass is 9.98. The summed E-state index contributed by atoms with van der Waals surface area (Å²) in [5, 5.41) is 9.19. The smallest absolute Gasteiger partial charge is 0.338 e. The van der Waals surface area contributed by atoms with Gasteiger partial charge in [0.15, 0.2) is 5.78 Å². The highest BCUT2D eigenvalue weighted by Crippen LogP contribution is 2.24. The monoisotopic (exact) mass is 562 g/mol. The van der Waals surface area contributed by atoms with E-state index in [4.69, 9.17) is 9.47 Å². The van der Waals surface area contributed by atoms with Crippen molar-refractivity contribution in [2.24, 2.45) is 0 Å². The molecule has 40 heavy (non-hydrogen) atoms. The maximum absolute atomic E-state index is 13.2. The van der Waals surface area contributed by atoms with E-state index in [9.17, 15) is 23.7 Å². The van der Waals surface area contributed by atoms with E-state index in [0.717, 1.165) is 29.7 Å². The fourth-order valence-electron chi connectivity index (χ4n) is 4.00. The van der Waals surface area contributed by atoms with Gasteiger partial charge >= 0.3 is 11.9 Å². The SMILES string of the molecule is CCOC(=O)c1cccc(C(=O)c2ccc(OCCCCC=Cc3ccc(S(C)=O)cc3)c(CCC(=O)O)c2)c1. The van der Waals surface area contributed by atoms with Gasteiger partial charge < -0.3 is 14.6 Å². The van der Waals surface area contributed by atoms with Gasteiger partial charge in [-0.3, -0.25) is 13.8 Å². The van der Waals surface area contributed by atoms with Crippen LogP contribution in [0.2, 0.25) is 0 Å². The summed E-state index contributed by atoms with van der Waals surface area (Å²) in [5.41, 5.74) is 2.72. The number of allylic oxidation sites excluding steroid dienone is 1. The number of hydrogen-bond donors (Lipinski definition) is 1. The fourth-order valence-corrected chi connectivity index (χ4v) is 4.52. The van der Waals surface area contributed by atoms with Crippen molar-refractivity contribution in [3.63, 3.8) is 0 Å². The minimum Gasteiger partial charge on any atom is -0.493 e. The molecule has 0 aliphatic heterocycles. The van der Waals surface area contributed by atoms with E-state index in [1.165, 1.54) is 6.07 Å². The number of carboxylic acid groups (broad SMARTS) is 1. The molecule has 1 N–H and O–H groups in total. The number of aliphatic carboxylic acids is 1. The summed E-state index contributed by atoms with van der Waals surface area (Å²) in [5.74, 6) is -1.15. The number of carbonyl (C=O) groups is 3. The van der Waals surface area contributed by atoms with Crippen molar-refractivity contribution in [1.29, 1.82) is 0 Å². The molecule has 1 atom stereocenters. The second kappa shape index (κ2) is 15.5. The quantitative estimate of drug-likeness (QED) is 0.135. The Bertz CT molecular complexity index is 1380. The molecule has 0 spiro atoms. The zero-order valence-electron chi connectivity index (χ0n) is 22.8. The first-order chi connectivity index (χ1) is 19.3. The molecule has 3 aromatic carbocycles. The molecular weight excluding hydrogens is 528 g/mol. The Morgan fingerprint density at radius 1 is 0.925 bits per heavy atom. The first kappa shape index (κ1) is 30.5. The van der Waals surface area contributed by atoms with Crippen LogP contribution in [0.3, 0.4) is 0 Å². The van der Waals surface area contributed by atoms with Crippen LogP contribution in [0.4, 0.5) is 0 Å². The molecule has 3 aromatic rings. The Balaban J connectivity index is 1.59. The average molecular weight is 563 g/mol. The van der Waals surface area contributed by atoms with Crippen LogP contribution in [-0.4, -0.2) is 46.5 Å². The molecule has 0 saturated heterocycles. The van der Waals surface area contributed by atoms with E-state index in [1.54, 1.807) is 49.6 Å². The molecule has 0 heterocycles. The Hall–Kier alpha value is -4.04. The van der Waals surface area contributed by atoms with Crippen molar-refractivity contribution < 1.29 is 33.2 Å². The summed E-state index contributed by atoms with van der Waals surface area (Å²) >= 11 is 0. The van der Waals surface area contributed by atoms with Crippen LogP contribution < -0.4 is 4.74 Å². The van der Waals surface area contributed by atoms with Crippen molar-refractivity contribution >= 4 is 34.6 Å². The largest absolute Gasteiger partial charge is 0.493 e. The number of esters is 1. The number of rotatable bonds is 15. The van der Waals surface area contributed by atoms with Gasteiger partial charge in [-0.2, -0.15) is 0 Å². The third-order valence-corrected chi connectivity index (χ3v) is 7.05. The molecule has 0 aromatic heterocycles. The number of hydrogen-bond acceptors (Lipinski definition) is 6. The summed E-state index contributed by atoms with van der Waals surface area (Å²) in [4.78, 5) is 37.2. The van der Waals surface area contributed by atoms with Crippen molar-refractivity contribution in [2.45, 2.75) is 43.9 Å². The predicted octanol–water partition coefficient (Wildman–Crippen LogP) is 6.11. The topological polar surface area (TPSA) is 107 Å². The number of benzene rings is 3. The van der Waals surface area contributed by atoms with Crippen molar-refractivity contribution in [3.05, 3.63) is 101 Å². The van der Waals surface area contributed by atoms with Gasteiger partial charge in [0, 0.05) is 39.5 Å². The summed E-state index contributed by atoms with van der Waals surface area (Å²) < 4.78 is 22.5. The molecule has 0 aliphatic carbocycles. The second-order valence-corrected chi connectivity index (χ2v) is 10.5. The van der Waals surface area contributed by atoms with Crippen LogP contribution in [0, 0.1) is 0 Å². The molecule has 0 saturated carbocycles. The molecule has 0 aliphatic rings. The number of aryl methyl sites for hydroxylation is 1. The van der Waals surface area contributed by atoms with Gasteiger partial charge in [0.05, 0.1) is 18.8 Å². The van der Waals surface area contributed by atoms with E-state index in [0.29, 0.717) is 34.6 Å². The molecule has 8 heteroatoms. The van der Waals surface area contributed by atoms with Crippen LogP contribution in [-0.2, 0) is 26.8 Å². The van der Waals surface area contributed by atoms with E-state index in [1.807, 2.05) is 30.3 Å². The van der Waals surface area contributed by atoms with Gasteiger partial charge in [0.2, 0.25) is 0 Å². The molecule has 0 fully saturated rings. The number of ether oxygens (including phenoxy) is 2. The standard InChI is InChI=1S/C32H34O7S/c1-3-38-32(36)27-11-8-10-25(22-27)31(35)26-14-18-29(24(21-26)15-19-30(33)34)39-20-7-5-4-6-9-23-12-16-28(17-13-23)40(2)37/h6,8-14,16-18,21-22H,3-5,7,15,19-20H2,1-2H3,(H,33,34). The van der Waals surface area contributed by atoms with Crippen LogP contribution in [0.15, 0.2) is 77.7 Å². The summed E-state index contributed by atoms with van der Waals surface area (Å²) in [6, 6.07) is 19.0. The Kier molecular flexibility index (Phi) is 11.8. The minimum absolute atomic E-state index is 0.0910. The molecule has 3 rings (SSSR count). The summed E-state index contributed by atoms with van der Waals surface area (Å²) in [6.45, 7) is 2.41. The lowest BCUT2D eigenvalue weighted by Gasteiger charge is -2.13. The summed E-state index contributed by atoms with van der Waals surface area (Å²) in [7, 11) is -0.985. The van der Waals surface area contributed by atoms with Crippen LogP contribution in [0.5, 0.6) is 5.75 Å². The number of carboxylic acids is 1. The van der Waals surface area contributed by atoms with Crippen LogP contribution >= 0.6 is 0 Å². The van der Waals surface area contributed by atoms with Crippen molar-refractivity contribution in [3.8, 4) is 5.75 Å². The van der Waals surface area contributed by atoms with Crippen molar-refractivity contribution in [1.82, 2.24) is 0 Å². The van der Waals surface area contributed by atoms with E-state index in [2.05, 4.69) is 6.08 Å². The number of carbonyl (C=O) groups excluding carboxylic acids is 2. The van der Waals surface area contributed by atoms with Gasteiger partial charge in [-0.1, -0.05) is 36.4 Å². The maximum atomic E-state index is 13.2. The van der Waals surface area contributed by atoms with E-state index < -0.39 is 22.7 Å². The normalized spacial score (nSPS) is 11.8. The summed E-state index contributed by atoms with van der Waals surface area (Å²) in [6.07, 6.45) is 8.50. The third-order valence-electron chi connectivity index (χ3n) is 6.11. The van der Waals surface area contributed by atoms with Crippen molar-refractivity contribution in [2.75, 3.05) is 19.5 Å². The molecule has 0 amide bonds. The molecule has 210 valence electrons. The molecule has 0 bridgehead atoms. The Labute approximate surface area is 237 Å². The number of unbranched alkanes of at least 4 members (excludes halogenated alkanes) is 2. The Morgan fingerprint density at radius 2 is 1.65 bits per heavy atom. The first-order valence-electron chi connectivity index (χ1n) is 13.2. The second-order valence-electron chi connectivity index (χ2n) is 9.12. The molecular formula is C32H34O7S. The highest BCUT2D eigenvalue weighted by molar-refractivity contribution is 7.84. The Morgan fingerprint density at radius 3 is 2.35 bits per heavy atom. The zero-order valence-corrected chi connectivity index (χ0v) is 23.6. The zero-order chi connectivity index (χ0) is 28.9. The number of ketones is 1. The van der Waals surface area contributed by atoms with Gasteiger partial charge in [0.25, 0.3) is 0 Å². The average Bonchev–Trinajstić information content (AvgIpc) is 2.96. The molecule has 7 nitrogen and oxygen atoms in total. The predicted molar refractivity (Wildman–Crippen MR) is 155 cm³/mol. The van der Waals surface area contributed by atoms with Gasteiger partial charge in [-0.05, 0) is 86.2 Å². The van der Waals surface area contributed by atoms with Gasteiger partial charge in [-0.15, -0.1) is 0 Å². The first-order valence-corrected chi connectivity index (χ1v) is 14.7. The van der Waals surface area contributed by atoms with Crippen LogP contribution in [0.1, 0.15) is 70.0 Å². The lowest BCUT2D eigenvalue weighted by Crippen LogP contribution is -2.09. The molecule has 1 unspecified atom stereocenters. The minimum atomic E-state index is -0.985.